The first-order valence-corrected chi connectivity index (χ1v) is 4.15. The van der Waals surface area contributed by atoms with Crippen molar-refractivity contribution in [3.8, 4) is 0 Å². The van der Waals surface area contributed by atoms with E-state index in [0.29, 0.717) is 6.61 Å². The molecule has 4 heteroatoms. The van der Waals surface area contributed by atoms with Crippen molar-refractivity contribution in [1.29, 1.82) is 0 Å². The topological polar surface area (TPSA) is 9.23 Å². The van der Waals surface area contributed by atoms with Gasteiger partial charge in [-0.05, 0) is 20.8 Å². The summed E-state index contributed by atoms with van der Waals surface area (Å²) in [4.78, 5) is 0. The highest BCUT2D eigenvalue weighted by molar-refractivity contribution is 6.68. The van der Waals surface area contributed by atoms with Crippen LogP contribution in [-0.2, 0) is 4.74 Å². The second-order valence-corrected chi connectivity index (χ2v) is 4.72. The maximum Gasteiger partial charge on any atom is 0.218 e. The molecule has 0 saturated heterocycles. The van der Waals surface area contributed by atoms with E-state index in [-0.39, 0.29) is 0 Å². The highest BCUT2D eigenvalue weighted by Crippen LogP contribution is 2.39. The van der Waals surface area contributed by atoms with Gasteiger partial charge in [-0.25, -0.2) is 0 Å². The molecule has 0 saturated carbocycles. The highest BCUT2D eigenvalue weighted by Gasteiger charge is 2.41. The molecule has 0 radical (unpaired) electrons. The number of ether oxygens (including phenoxy) is 1. The number of hydrogen-bond donors (Lipinski definition) is 0. The summed E-state index contributed by atoms with van der Waals surface area (Å²) < 4.78 is 3.84. The summed E-state index contributed by atoms with van der Waals surface area (Å²) in [6, 6.07) is 0. The Balaban J connectivity index is 4.10. The molecule has 0 aliphatic rings. The van der Waals surface area contributed by atoms with Crippen molar-refractivity contribution in [3.63, 3.8) is 0 Å². The van der Waals surface area contributed by atoms with Crippen molar-refractivity contribution in [3.05, 3.63) is 0 Å². The minimum Gasteiger partial charge on any atom is -0.371 e. The predicted molar refractivity (Wildman–Crippen MR) is 46.0 cm³/mol. The van der Waals surface area contributed by atoms with Gasteiger partial charge in [0.1, 0.15) is 5.60 Å². The predicted octanol–water partition coefficient (Wildman–Crippen LogP) is 3.17. The molecule has 0 fully saturated rings. The van der Waals surface area contributed by atoms with Crippen LogP contribution in [0.4, 0.5) is 0 Å². The van der Waals surface area contributed by atoms with E-state index >= 15 is 0 Å². The second-order valence-electron chi connectivity index (χ2n) is 2.44. The zero-order valence-electron chi connectivity index (χ0n) is 6.25. The zero-order valence-corrected chi connectivity index (χ0v) is 8.52. The van der Waals surface area contributed by atoms with Crippen LogP contribution in [-0.4, -0.2) is 16.0 Å². The Bertz CT molecular complexity index is 106. The molecule has 0 bridgehead atoms. The molecule has 62 valence electrons. The normalized spacial score (nSPS) is 13.8. The minimum absolute atomic E-state index is 0.543. The lowest BCUT2D eigenvalue weighted by molar-refractivity contribution is -0.00673. The molecule has 0 amide bonds. The first kappa shape index (κ1) is 10.8. The van der Waals surface area contributed by atoms with Crippen LogP contribution in [0.15, 0.2) is 0 Å². The van der Waals surface area contributed by atoms with E-state index < -0.39 is 9.39 Å². The van der Waals surface area contributed by atoms with Crippen molar-refractivity contribution in [2.45, 2.75) is 30.2 Å². The lowest BCUT2D eigenvalue weighted by Crippen LogP contribution is -2.39. The number of hydrogen-bond acceptors (Lipinski definition) is 1. The quantitative estimate of drug-likeness (QED) is 0.629. The van der Waals surface area contributed by atoms with Crippen LogP contribution in [0.1, 0.15) is 20.8 Å². The van der Waals surface area contributed by atoms with Crippen molar-refractivity contribution < 1.29 is 4.74 Å². The molecule has 0 unspecified atom stereocenters. The third kappa shape index (κ3) is 2.83. The molecule has 0 rings (SSSR count). The molecule has 0 aliphatic heterocycles. The Morgan fingerprint density at radius 1 is 1.20 bits per heavy atom. The van der Waals surface area contributed by atoms with Crippen LogP contribution < -0.4 is 0 Å². The van der Waals surface area contributed by atoms with Crippen LogP contribution in [0.3, 0.4) is 0 Å². The third-order valence-electron chi connectivity index (χ3n) is 1.19. The van der Waals surface area contributed by atoms with Gasteiger partial charge in [0, 0.05) is 6.61 Å². The summed E-state index contributed by atoms with van der Waals surface area (Å²) in [5.74, 6) is 0. The van der Waals surface area contributed by atoms with Gasteiger partial charge < -0.3 is 4.74 Å². The molecule has 0 N–H and O–H groups in total. The van der Waals surface area contributed by atoms with Gasteiger partial charge in [-0.2, -0.15) is 0 Å². The molecule has 0 spiro atoms. The van der Waals surface area contributed by atoms with E-state index in [4.69, 9.17) is 39.5 Å². The van der Waals surface area contributed by atoms with Crippen molar-refractivity contribution in [2.24, 2.45) is 0 Å². The SMILES string of the molecule is CCOC(C)(C)C(Cl)(Cl)Cl. The van der Waals surface area contributed by atoms with Crippen LogP contribution in [0.25, 0.3) is 0 Å². The fourth-order valence-electron chi connectivity index (χ4n) is 0.443. The van der Waals surface area contributed by atoms with E-state index in [9.17, 15) is 0 Å². The van der Waals surface area contributed by atoms with E-state index in [1.807, 2.05) is 6.92 Å². The van der Waals surface area contributed by atoms with Gasteiger partial charge in [-0.15, -0.1) is 0 Å². The molecule has 0 heterocycles. The summed E-state index contributed by atoms with van der Waals surface area (Å²) in [5, 5.41) is 0. The maximum atomic E-state index is 5.61. The van der Waals surface area contributed by atoms with E-state index in [1.165, 1.54) is 0 Å². The molecule has 1 nitrogen and oxygen atoms in total. The van der Waals surface area contributed by atoms with Crippen molar-refractivity contribution in [1.82, 2.24) is 0 Å². The number of alkyl halides is 3. The third-order valence-corrected chi connectivity index (χ3v) is 2.55. The lowest BCUT2D eigenvalue weighted by Gasteiger charge is -2.31. The Hall–Kier alpha value is 0.830. The summed E-state index contributed by atoms with van der Waals surface area (Å²) in [7, 11) is 0. The average molecular weight is 206 g/mol. The minimum atomic E-state index is -1.36. The lowest BCUT2D eigenvalue weighted by atomic mass is 10.2. The fourth-order valence-corrected chi connectivity index (χ4v) is 0.606. The highest BCUT2D eigenvalue weighted by atomic mass is 35.6. The van der Waals surface area contributed by atoms with E-state index in [2.05, 4.69) is 0 Å². The Morgan fingerprint density at radius 2 is 1.60 bits per heavy atom. The molecule has 0 atom stereocenters. The maximum absolute atomic E-state index is 5.61. The Morgan fingerprint density at radius 3 is 1.70 bits per heavy atom. The number of halogens is 3. The van der Waals surface area contributed by atoms with Crippen LogP contribution in [0, 0.1) is 0 Å². The molecular formula is C6H11Cl3O. The standard InChI is InChI=1S/C6H11Cl3O/c1-4-10-5(2,3)6(7,8)9/h4H2,1-3H3. The molecule has 10 heavy (non-hydrogen) atoms. The summed E-state index contributed by atoms with van der Waals surface area (Å²) >= 11 is 16.8. The summed E-state index contributed by atoms with van der Waals surface area (Å²) in [6.45, 7) is 5.88. The van der Waals surface area contributed by atoms with Gasteiger partial charge in [0.25, 0.3) is 0 Å². The van der Waals surface area contributed by atoms with Crippen molar-refractivity contribution in [2.75, 3.05) is 6.61 Å². The largest absolute Gasteiger partial charge is 0.371 e. The Kier molecular flexibility index (Phi) is 3.77. The van der Waals surface area contributed by atoms with Crippen molar-refractivity contribution >= 4 is 34.8 Å². The van der Waals surface area contributed by atoms with Gasteiger partial charge in [-0.3, -0.25) is 0 Å². The average Bonchev–Trinajstić information content (AvgIpc) is 1.61. The molecule has 0 aromatic carbocycles. The Labute approximate surface area is 76.6 Å². The summed E-state index contributed by atoms with van der Waals surface area (Å²) in [5.41, 5.74) is -0.716. The molecule has 0 aliphatic carbocycles. The first-order valence-electron chi connectivity index (χ1n) is 3.02. The molecule has 0 aromatic rings. The first-order chi connectivity index (χ1) is 4.31. The van der Waals surface area contributed by atoms with Gasteiger partial charge in [0.15, 0.2) is 0 Å². The van der Waals surface area contributed by atoms with Crippen LogP contribution in [0.2, 0.25) is 0 Å². The molecule has 0 aromatic heterocycles. The monoisotopic (exact) mass is 204 g/mol. The smallest absolute Gasteiger partial charge is 0.218 e. The second kappa shape index (κ2) is 3.48. The van der Waals surface area contributed by atoms with Gasteiger partial charge in [0.05, 0.1) is 0 Å². The van der Waals surface area contributed by atoms with Gasteiger partial charge >= 0.3 is 0 Å². The number of rotatable bonds is 2. The van der Waals surface area contributed by atoms with Crippen LogP contribution in [0.5, 0.6) is 0 Å². The zero-order chi connectivity index (χ0) is 8.41. The fraction of sp³-hybridized carbons (Fsp3) is 1.00. The summed E-state index contributed by atoms with van der Waals surface area (Å²) in [6.07, 6.45) is 0. The van der Waals surface area contributed by atoms with Gasteiger partial charge in [0.2, 0.25) is 3.79 Å². The molecular weight excluding hydrogens is 194 g/mol. The van der Waals surface area contributed by atoms with E-state index in [0.717, 1.165) is 0 Å². The van der Waals surface area contributed by atoms with E-state index in [1.54, 1.807) is 13.8 Å². The van der Waals surface area contributed by atoms with Gasteiger partial charge in [-0.1, -0.05) is 34.8 Å². The van der Waals surface area contributed by atoms with Crippen LogP contribution >= 0.6 is 34.8 Å².